The van der Waals surface area contributed by atoms with Crippen LogP contribution in [0.4, 0.5) is 0 Å². The minimum absolute atomic E-state index is 0.0223. The summed E-state index contributed by atoms with van der Waals surface area (Å²) in [5, 5.41) is 10.9. The lowest BCUT2D eigenvalue weighted by molar-refractivity contribution is -0.231. The number of benzene rings is 1. The van der Waals surface area contributed by atoms with Crippen molar-refractivity contribution in [2.24, 2.45) is 0 Å². The third kappa shape index (κ3) is 4.95. The van der Waals surface area contributed by atoms with Gasteiger partial charge in [0.05, 0.1) is 12.2 Å². The Kier molecular flexibility index (Phi) is 6.49. The van der Waals surface area contributed by atoms with Gasteiger partial charge >= 0.3 is 5.97 Å². The summed E-state index contributed by atoms with van der Waals surface area (Å²) in [6.07, 6.45) is -3.83. The molecule has 2 saturated heterocycles. The normalized spacial score (nSPS) is 29.5. The van der Waals surface area contributed by atoms with Crippen molar-refractivity contribution in [2.75, 3.05) is 6.61 Å². The summed E-state index contributed by atoms with van der Waals surface area (Å²) in [5.74, 6) is -1.38. The first kappa shape index (κ1) is 23.4. The van der Waals surface area contributed by atoms with Gasteiger partial charge in [-0.05, 0) is 44.1 Å². The third-order valence-electron chi connectivity index (χ3n) is 6.08. The Bertz CT molecular complexity index is 744. The molecule has 1 aromatic rings. The predicted molar refractivity (Wildman–Crippen MR) is 113 cm³/mol. The standard InChI is InChI=1S/C22H34O7Si/c1-21(2,3)30(6,7)25-13-15(23)16-17-18(29-22(4,5)28-17)20(26-16)27-19(24)14-11-9-8-10-12-14/h8-12,15-18,20,23H,13H2,1-7H3/t15-,16+,17-,18-,20+/m0/s1. The Balaban J connectivity index is 1.70. The highest BCUT2D eigenvalue weighted by Crippen LogP contribution is 2.41. The van der Waals surface area contributed by atoms with Gasteiger partial charge in [0, 0.05) is 0 Å². The van der Waals surface area contributed by atoms with E-state index in [-0.39, 0.29) is 11.6 Å². The number of aliphatic hydroxyl groups is 1. The van der Waals surface area contributed by atoms with Crippen LogP contribution in [0.25, 0.3) is 0 Å². The predicted octanol–water partition coefficient (Wildman–Crippen LogP) is 3.47. The van der Waals surface area contributed by atoms with Crippen molar-refractivity contribution in [1.82, 2.24) is 0 Å². The van der Waals surface area contributed by atoms with Crippen molar-refractivity contribution in [2.45, 2.75) is 89.2 Å². The minimum atomic E-state index is -2.04. The smallest absolute Gasteiger partial charge is 0.340 e. The number of fused-ring (bicyclic) bond motifs is 1. The zero-order valence-corrected chi connectivity index (χ0v) is 19.9. The third-order valence-corrected chi connectivity index (χ3v) is 10.6. The number of aliphatic hydroxyl groups excluding tert-OH is 1. The van der Waals surface area contributed by atoms with Gasteiger partial charge in [-0.15, -0.1) is 0 Å². The summed E-state index contributed by atoms with van der Waals surface area (Å²) in [5.41, 5.74) is 0.418. The molecule has 2 fully saturated rings. The van der Waals surface area contributed by atoms with E-state index in [1.807, 2.05) is 6.07 Å². The zero-order chi connectivity index (χ0) is 22.3. The second kappa shape index (κ2) is 8.33. The molecule has 2 aliphatic rings. The number of carbonyl (C=O) groups excluding carboxylic acids is 1. The van der Waals surface area contributed by atoms with Crippen LogP contribution in [0.2, 0.25) is 18.1 Å². The Morgan fingerprint density at radius 1 is 1.17 bits per heavy atom. The fourth-order valence-electron chi connectivity index (χ4n) is 3.35. The van der Waals surface area contributed by atoms with Crippen LogP contribution < -0.4 is 0 Å². The van der Waals surface area contributed by atoms with E-state index < -0.39 is 50.8 Å². The van der Waals surface area contributed by atoms with E-state index >= 15 is 0 Å². The van der Waals surface area contributed by atoms with Crippen LogP contribution in [-0.2, 0) is 23.4 Å². The molecule has 1 aromatic carbocycles. The van der Waals surface area contributed by atoms with Gasteiger partial charge in [0.1, 0.15) is 18.3 Å². The van der Waals surface area contributed by atoms with Crippen LogP contribution in [0.5, 0.6) is 0 Å². The van der Waals surface area contributed by atoms with Crippen molar-refractivity contribution in [1.29, 1.82) is 0 Å². The highest BCUT2D eigenvalue weighted by molar-refractivity contribution is 6.74. The number of carbonyl (C=O) groups is 1. The second-order valence-electron chi connectivity index (χ2n) is 9.94. The average molecular weight is 439 g/mol. The van der Waals surface area contributed by atoms with E-state index in [1.165, 1.54) is 0 Å². The molecule has 1 N–H and O–H groups in total. The Hall–Kier alpha value is -1.29. The van der Waals surface area contributed by atoms with E-state index in [0.29, 0.717) is 5.56 Å². The molecule has 2 aliphatic heterocycles. The van der Waals surface area contributed by atoms with E-state index in [2.05, 4.69) is 33.9 Å². The van der Waals surface area contributed by atoms with E-state index in [0.717, 1.165) is 0 Å². The molecule has 0 aromatic heterocycles. The van der Waals surface area contributed by atoms with Crippen LogP contribution in [0.1, 0.15) is 45.0 Å². The lowest BCUT2D eigenvalue weighted by Crippen LogP contribution is -2.46. The fourth-order valence-corrected chi connectivity index (χ4v) is 4.37. The van der Waals surface area contributed by atoms with Gasteiger partial charge in [-0.1, -0.05) is 39.0 Å². The molecule has 0 spiro atoms. The van der Waals surface area contributed by atoms with Gasteiger partial charge in [0.25, 0.3) is 0 Å². The van der Waals surface area contributed by atoms with Crippen molar-refractivity contribution in [3.63, 3.8) is 0 Å². The molecule has 0 amide bonds. The molecular weight excluding hydrogens is 404 g/mol. The number of hydrogen-bond acceptors (Lipinski definition) is 7. The number of ether oxygens (including phenoxy) is 4. The van der Waals surface area contributed by atoms with Crippen LogP contribution in [-0.4, -0.2) is 62.5 Å². The summed E-state index contributed by atoms with van der Waals surface area (Å²) < 4.78 is 29.6. The van der Waals surface area contributed by atoms with Gasteiger partial charge in [0.15, 0.2) is 20.2 Å². The van der Waals surface area contributed by atoms with Gasteiger partial charge in [-0.2, -0.15) is 0 Å². The van der Waals surface area contributed by atoms with Gasteiger partial charge in [-0.25, -0.2) is 4.79 Å². The molecule has 0 radical (unpaired) electrons. The molecule has 0 aliphatic carbocycles. The topological polar surface area (TPSA) is 83.5 Å². The highest BCUT2D eigenvalue weighted by Gasteiger charge is 2.58. The summed E-state index contributed by atoms with van der Waals surface area (Å²) in [6, 6.07) is 8.69. The first-order chi connectivity index (χ1) is 13.8. The first-order valence-electron chi connectivity index (χ1n) is 10.4. The van der Waals surface area contributed by atoms with E-state index in [4.69, 9.17) is 23.4 Å². The molecular formula is C22H34O7Si. The molecule has 0 bridgehead atoms. The molecule has 0 saturated carbocycles. The van der Waals surface area contributed by atoms with Crippen molar-refractivity contribution >= 4 is 14.3 Å². The van der Waals surface area contributed by atoms with Crippen molar-refractivity contribution in [3.05, 3.63) is 35.9 Å². The highest BCUT2D eigenvalue weighted by atomic mass is 28.4. The molecule has 30 heavy (non-hydrogen) atoms. The summed E-state index contributed by atoms with van der Waals surface area (Å²) >= 11 is 0. The van der Waals surface area contributed by atoms with Crippen molar-refractivity contribution < 1.29 is 33.3 Å². The molecule has 8 heteroatoms. The van der Waals surface area contributed by atoms with Gasteiger partial charge in [-0.3, -0.25) is 0 Å². The van der Waals surface area contributed by atoms with Gasteiger partial charge < -0.3 is 28.5 Å². The maximum atomic E-state index is 12.5. The Morgan fingerprint density at radius 3 is 2.37 bits per heavy atom. The number of hydrogen-bond donors (Lipinski definition) is 1. The summed E-state index contributed by atoms with van der Waals surface area (Å²) in [6.45, 7) is 14.4. The maximum Gasteiger partial charge on any atom is 0.340 e. The number of esters is 1. The van der Waals surface area contributed by atoms with E-state index in [1.54, 1.807) is 38.1 Å². The molecule has 0 unspecified atom stereocenters. The lowest BCUT2D eigenvalue weighted by atomic mass is 10.1. The van der Waals surface area contributed by atoms with Crippen LogP contribution >= 0.6 is 0 Å². The minimum Gasteiger partial charge on any atom is -0.429 e. The van der Waals surface area contributed by atoms with Gasteiger partial charge in [0.2, 0.25) is 6.29 Å². The average Bonchev–Trinajstić information content (AvgIpc) is 3.13. The fraction of sp³-hybridized carbons (Fsp3) is 0.682. The Labute approximate surface area is 179 Å². The monoisotopic (exact) mass is 438 g/mol. The van der Waals surface area contributed by atoms with Crippen LogP contribution in [0.3, 0.4) is 0 Å². The van der Waals surface area contributed by atoms with Crippen LogP contribution in [0, 0.1) is 0 Å². The molecule has 5 atom stereocenters. The quantitative estimate of drug-likeness (QED) is 0.538. The Morgan fingerprint density at radius 2 is 1.77 bits per heavy atom. The molecule has 2 heterocycles. The number of rotatable bonds is 6. The van der Waals surface area contributed by atoms with Crippen LogP contribution in [0.15, 0.2) is 30.3 Å². The summed E-state index contributed by atoms with van der Waals surface area (Å²) in [4.78, 5) is 12.5. The lowest BCUT2D eigenvalue weighted by Gasteiger charge is -2.37. The first-order valence-corrected chi connectivity index (χ1v) is 13.3. The maximum absolute atomic E-state index is 12.5. The molecule has 168 valence electrons. The van der Waals surface area contributed by atoms with E-state index in [9.17, 15) is 9.90 Å². The van der Waals surface area contributed by atoms with Crippen molar-refractivity contribution in [3.8, 4) is 0 Å². The second-order valence-corrected chi connectivity index (χ2v) is 14.8. The molecule has 7 nitrogen and oxygen atoms in total. The zero-order valence-electron chi connectivity index (χ0n) is 18.9. The largest absolute Gasteiger partial charge is 0.429 e. The summed E-state index contributed by atoms with van der Waals surface area (Å²) in [7, 11) is -2.04. The molecule has 3 rings (SSSR count). The SMILES string of the molecule is CC1(C)O[C@@H]2[C@H](O1)[C@@H](OC(=O)c1ccccc1)O[C@@H]2[C@@H](O)CO[Si](C)(C)C(C)(C)C.